The summed E-state index contributed by atoms with van der Waals surface area (Å²) < 4.78 is 5.05. The topological polar surface area (TPSA) is 66.8 Å². The molecule has 5 heteroatoms. The van der Waals surface area contributed by atoms with E-state index in [2.05, 4.69) is 0 Å². The molecule has 108 valence electrons. The largest absolute Gasteiger partial charge is 0.481 e. The van der Waals surface area contributed by atoms with Crippen LogP contribution in [0.25, 0.3) is 0 Å². The summed E-state index contributed by atoms with van der Waals surface area (Å²) in [6, 6.07) is 0. The first-order valence-electron chi connectivity index (χ1n) is 6.95. The van der Waals surface area contributed by atoms with Crippen LogP contribution in [-0.2, 0) is 14.3 Å². The molecule has 1 saturated heterocycles. The lowest BCUT2D eigenvalue weighted by Gasteiger charge is -2.30. The van der Waals surface area contributed by atoms with Crippen LogP contribution in [-0.4, -0.2) is 48.7 Å². The Bertz CT molecular complexity index is 376. The summed E-state index contributed by atoms with van der Waals surface area (Å²) in [5.41, 5.74) is -1.19. The SMILES string of the molecule is COCC1(C(=O)O)CCN(C(=O)C2(C)CCCC2)C1. The molecule has 1 saturated carbocycles. The van der Waals surface area contributed by atoms with Gasteiger partial charge in [0.15, 0.2) is 0 Å². The Balaban J connectivity index is 2.08. The van der Waals surface area contributed by atoms with Crippen molar-refractivity contribution in [2.45, 2.75) is 39.0 Å². The van der Waals surface area contributed by atoms with Crippen LogP contribution in [0.5, 0.6) is 0 Å². The monoisotopic (exact) mass is 269 g/mol. The summed E-state index contributed by atoms with van der Waals surface area (Å²) in [4.78, 5) is 25.8. The van der Waals surface area contributed by atoms with Gasteiger partial charge in [0.25, 0.3) is 0 Å². The van der Waals surface area contributed by atoms with Crippen molar-refractivity contribution in [2.24, 2.45) is 10.8 Å². The quantitative estimate of drug-likeness (QED) is 0.840. The van der Waals surface area contributed by atoms with Gasteiger partial charge in [-0.05, 0) is 19.3 Å². The lowest BCUT2D eigenvalue weighted by atomic mass is 9.86. The minimum Gasteiger partial charge on any atom is -0.481 e. The Kier molecular flexibility index (Phi) is 3.85. The molecule has 1 aliphatic carbocycles. The van der Waals surface area contributed by atoms with Gasteiger partial charge in [-0.3, -0.25) is 9.59 Å². The Morgan fingerprint density at radius 3 is 2.42 bits per heavy atom. The van der Waals surface area contributed by atoms with Gasteiger partial charge in [-0.1, -0.05) is 19.8 Å². The van der Waals surface area contributed by atoms with Gasteiger partial charge in [-0.15, -0.1) is 0 Å². The van der Waals surface area contributed by atoms with Crippen LogP contribution in [0.2, 0.25) is 0 Å². The fourth-order valence-electron chi connectivity index (χ4n) is 3.43. The normalized spacial score (nSPS) is 29.7. The van der Waals surface area contributed by atoms with E-state index in [4.69, 9.17) is 4.74 Å². The molecular weight excluding hydrogens is 246 g/mol. The van der Waals surface area contributed by atoms with Crippen LogP contribution in [0.1, 0.15) is 39.0 Å². The molecule has 2 fully saturated rings. The van der Waals surface area contributed by atoms with Crippen LogP contribution < -0.4 is 0 Å². The second-order valence-electron chi connectivity index (χ2n) is 6.26. The highest BCUT2D eigenvalue weighted by molar-refractivity contribution is 5.85. The van der Waals surface area contributed by atoms with E-state index in [-0.39, 0.29) is 24.5 Å². The molecule has 1 unspecified atom stereocenters. The Morgan fingerprint density at radius 1 is 1.26 bits per heavy atom. The highest BCUT2D eigenvalue weighted by Crippen LogP contribution is 2.41. The number of ether oxygens (including phenoxy) is 1. The third-order valence-electron chi connectivity index (χ3n) is 4.74. The number of rotatable bonds is 4. The minimum atomic E-state index is -0.917. The van der Waals surface area contributed by atoms with Crippen molar-refractivity contribution >= 4 is 11.9 Å². The van der Waals surface area contributed by atoms with Crippen LogP contribution in [0.4, 0.5) is 0 Å². The van der Waals surface area contributed by atoms with Crippen LogP contribution in [0.15, 0.2) is 0 Å². The van der Waals surface area contributed by atoms with Crippen molar-refractivity contribution in [3.8, 4) is 0 Å². The van der Waals surface area contributed by atoms with Crippen molar-refractivity contribution in [3.05, 3.63) is 0 Å². The fraction of sp³-hybridized carbons (Fsp3) is 0.857. The van der Waals surface area contributed by atoms with E-state index in [0.717, 1.165) is 25.7 Å². The maximum Gasteiger partial charge on any atom is 0.313 e. The number of hydrogen-bond acceptors (Lipinski definition) is 3. The van der Waals surface area contributed by atoms with Gasteiger partial charge >= 0.3 is 5.97 Å². The molecule has 5 nitrogen and oxygen atoms in total. The number of nitrogens with zero attached hydrogens (tertiary/aromatic N) is 1. The van der Waals surface area contributed by atoms with Crippen molar-refractivity contribution in [2.75, 3.05) is 26.8 Å². The average Bonchev–Trinajstić information content (AvgIpc) is 2.97. The van der Waals surface area contributed by atoms with E-state index in [1.54, 1.807) is 4.90 Å². The molecule has 1 heterocycles. The Hall–Kier alpha value is -1.10. The van der Waals surface area contributed by atoms with Crippen LogP contribution in [0, 0.1) is 10.8 Å². The molecule has 1 aliphatic heterocycles. The van der Waals surface area contributed by atoms with E-state index < -0.39 is 11.4 Å². The summed E-state index contributed by atoms with van der Waals surface area (Å²) in [5, 5.41) is 9.41. The van der Waals surface area contributed by atoms with Gasteiger partial charge < -0.3 is 14.7 Å². The number of methoxy groups -OCH3 is 1. The standard InChI is InChI=1S/C14H23NO4/c1-13(5-3-4-6-13)11(16)15-8-7-14(9-15,10-19-2)12(17)18/h3-10H2,1-2H3,(H,17,18). The first-order chi connectivity index (χ1) is 8.93. The molecule has 1 amide bonds. The number of carbonyl (C=O) groups is 2. The number of carboxylic acid groups (broad SMARTS) is 1. The van der Waals surface area contributed by atoms with E-state index in [1.807, 2.05) is 6.92 Å². The van der Waals surface area contributed by atoms with Crippen LogP contribution in [0.3, 0.4) is 0 Å². The Labute approximate surface area is 113 Å². The molecule has 1 atom stereocenters. The van der Waals surface area contributed by atoms with Crippen molar-refractivity contribution < 1.29 is 19.4 Å². The molecule has 2 rings (SSSR count). The highest BCUT2D eigenvalue weighted by atomic mass is 16.5. The predicted molar refractivity (Wildman–Crippen MR) is 69.7 cm³/mol. The maximum atomic E-state index is 12.6. The van der Waals surface area contributed by atoms with Gasteiger partial charge in [0.05, 0.1) is 6.61 Å². The second kappa shape index (κ2) is 5.12. The van der Waals surface area contributed by atoms with E-state index in [1.165, 1.54) is 7.11 Å². The number of amides is 1. The molecule has 0 aromatic carbocycles. The summed E-state index contributed by atoms with van der Waals surface area (Å²) in [6.07, 6.45) is 4.52. The number of aliphatic carboxylic acids is 1. The summed E-state index contributed by atoms with van der Waals surface area (Å²) in [5.74, 6) is -0.731. The molecule has 0 spiro atoms. The van der Waals surface area contributed by atoms with E-state index in [0.29, 0.717) is 13.0 Å². The van der Waals surface area contributed by atoms with Crippen molar-refractivity contribution in [1.29, 1.82) is 0 Å². The first-order valence-corrected chi connectivity index (χ1v) is 6.95. The lowest BCUT2D eigenvalue weighted by molar-refractivity contribution is -0.152. The number of carboxylic acids is 1. The molecule has 19 heavy (non-hydrogen) atoms. The van der Waals surface area contributed by atoms with Gasteiger partial charge in [0, 0.05) is 25.6 Å². The van der Waals surface area contributed by atoms with Gasteiger partial charge in [0.1, 0.15) is 5.41 Å². The van der Waals surface area contributed by atoms with Gasteiger partial charge in [0.2, 0.25) is 5.91 Å². The van der Waals surface area contributed by atoms with Crippen molar-refractivity contribution in [1.82, 2.24) is 4.90 Å². The molecule has 0 radical (unpaired) electrons. The Morgan fingerprint density at radius 2 is 1.89 bits per heavy atom. The van der Waals surface area contributed by atoms with E-state index >= 15 is 0 Å². The third kappa shape index (κ3) is 2.48. The third-order valence-corrected chi connectivity index (χ3v) is 4.74. The number of likely N-dealkylation sites (tertiary alicyclic amines) is 1. The van der Waals surface area contributed by atoms with Crippen molar-refractivity contribution in [3.63, 3.8) is 0 Å². The van der Waals surface area contributed by atoms with E-state index in [9.17, 15) is 14.7 Å². The zero-order chi connectivity index (χ0) is 14.1. The van der Waals surface area contributed by atoms with Gasteiger partial charge in [-0.2, -0.15) is 0 Å². The molecular formula is C14H23NO4. The summed E-state index contributed by atoms with van der Waals surface area (Å²) in [6.45, 7) is 3.00. The fourth-order valence-corrected chi connectivity index (χ4v) is 3.43. The number of carbonyl (C=O) groups excluding carboxylic acids is 1. The molecule has 2 aliphatic rings. The number of hydrogen-bond donors (Lipinski definition) is 1. The first kappa shape index (κ1) is 14.3. The molecule has 1 N–H and O–H groups in total. The molecule has 0 aromatic rings. The zero-order valence-electron chi connectivity index (χ0n) is 11.8. The highest BCUT2D eigenvalue weighted by Gasteiger charge is 2.49. The molecule has 0 bridgehead atoms. The summed E-state index contributed by atoms with van der Waals surface area (Å²) in [7, 11) is 1.51. The predicted octanol–water partition coefficient (Wildman–Crippen LogP) is 1.52. The smallest absolute Gasteiger partial charge is 0.313 e. The zero-order valence-corrected chi connectivity index (χ0v) is 11.8. The average molecular weight is 269 g/mol. The maximum absolute atomic E-state index is 12.6. The van der Waals surface area contributed by atoms with Gasteiger partial charge in [-0.25, -0.2) is 0 Å². The summed E-state index contributed by atoms with van der Waals surface area (Å²) >= 11 is 0. The second-order valence-corrected chi connectivity index (χ2v) is 6.26. The van der Waals surface area contributed by atoms with Crippen LogP contribution >= 0.6 is 0 Å². The lowest BCUT2D eigenvalue weighted by Crippen LogP contribution is -2.44. The minimum absolute atomic E-state index is 0.129. The molecule has 0 aromatic heterocycles.